The molecule has 0 aromatic heterocycles. The lowest BCUT2D eigenvalue weighted by atomic mass is 10.1. The van der Waals surface area contributed by atoms with Gasteiger partial charge in [0, 0.05) is 25.0 Å². The van der Waals surface area contributed by atoms with Gasteiger partial charge in [0.05, 0.1) is 13.0 Å². The van der Waals surface area contributed by atoms with Crippen molar-refractivity contribution in [2.75, 3.05) is 19.7 Å². The van der Waals surface area contributed by atoms with Gasteiger partial charge in [0.15, 0.2) is 0 Å². The van der Waals surface area contributed by atoms with Gasteiger partial charge in [-0.1, -0.05) is 48.6 Å². The smallest absolute Gasteiger partial charge is 0.307 e. The first kappa shape index (κ1) is 16.5. The predicted octanol–water partition coefficient (Wildman–Crippen LogP) is 2.02. The Kier molecular flexibility index (Phi) is 6.37. The van der Waals surface area contributed by atoms with E-state index >= 15 is 0 Å². The number of ether oxygens (including phenoxy) is 1. The second kappa shape index (κ2) is 8.51. The molecule has 0 radical (unpaired) electrons. The summed E-state index contributed by atoms with van der Waals surface area (Å²) in [4.78, 5) is 11.5. The zero-order valence-electron chi connectivity index (χ0n) is 13.0. The minimum atomic E-state index is -0.208. The summed E-state index contributed by atoms with van der Waals surface area (Å²) in [6, 6.07) is -0.0640. The monoisotopic (exact) mass is 300 g/mol. The third-order valence-corrected chi connectivity index (χ3v) is 3.61. The van der Waals surface area contributed by atoms with Crippen LogP contribution in [0.4, 0.5) is 0 Å². The Hall–Kier alpha value is -1.91. The number of nitrogens with two attached hydrogens (primary N) is 1. The van der Waals surface area contributed by atoms with Crippen molar-refractivity contribution in [3.05, 3.63) is 59.8 Å². The van der Waals surface area contributed by atoms with Crippen LogP contribution >= 0.6 is 0 Å². The molecule has 0 heterocycles. The number of hydrogen-bond donors (Lipinski definition) is 2. The molecule has 0 amide bonds. The molecule has 0 aliphatic heterocycles. The van der Waals surface area contributed by atoms with E-state index in [0.29, 0.717) is 32.0 Å². The summed E-state index contributed by atoms with van der Waals surface area (Å²) in [7, 11) is 0. The molecule has 0 saturated carbocycles. The van der Waals surface area contributed by atoms with E-state index in [1.54, 1.807) is 6.92 Å². The number of allylic oxidation sites excluding steroid dienone is 8. The van der Waals surface area contributed by atoms with Crippen molar-refractivity contribution < 1.29 is 9.53 Å². The van der Waals surface area contributed by atoms with Gasteiger partial charge in [0.1, 0.15) is 0 Å². The van der Waals surface area contributed by atoms with Crippen LogP contribution in [0, 0.1) is 5.92 Å². The number of carbonyl (C=O) groups excluding carboxylic acids is 1. The molecule has 2 aliphatic carbocycles. The average molecular weight is 300 g/mol. The lowest BCUT2D eigenvalue weighted by molar-refractivity contribution is -0.143. The molecule has 0 spiro atoms. The van der Waals surface area contributed by atoms with Crippen molar-refractivity contribution in [1.82, 2.24) is 5.32 Å². The van der Waals surface area contributed by atoms with Gasteiger partial charge < -0.3 is 15.8 Å². The fourth-order valence-corrected chi connectivity index (χ4v) is 2.45. The van der Waals surface area contributed by atoms with E-state index in [9.17, 15) is 4.79 Å². The topological polar surface area (TPSA) is 64.3 Å². The van der Waals surface area contributed by atoms with Gasteiger partial charge in [0.2, 0.25) is 0 Å². The molecule has 0 fully saturated rings. The minimum absolute atomic E-state index is 0.0640. The minimum Gasteiger partial charge on any atom is -0.466 e. The second-order valence-electron chi connectivity index (χ2n) is 5.39. The Morgan fingerprint density at radius 3 is 2.95 bits per heavy atom. The molecule has 0 saturated heterocycles. The van der Waals surface area contributed by atoms with Gasteiger partial charge in [-0.05, 0) is 18.1 Å². The van der Waals surface area contributed by atoms with Crippen molar-refractivity contribution in [2.24, 2.45) is 11.7 Å². The summed E-state index contributed by atoms with van der Waals surface area (Å²) in [6.45, 7) is 3.30. The van der Waals surface area contributed by atoms with Crippen LogP contribution in [0.15, 0.2) is 59.8 Å². The molecule has 4 heteroatoms. The maximum Gasteiger partial charge on any atom is 0.307 e. The fraction of sp³-hybridized carbons (Fsp3) is 0.389. The van der Waals surface area contributed by atoms with Crippen molar-refractivity contribution in [2.45, 2.75) is 19.4 Å². The molecule has 0 aromatic carbocycles. The quantitative estimate of drug-likeness (QED) is 0.706. The van der Waals surface area contributed by atoms with E-state index in [0.717, 1.165) is 0 Å². The summed E-state index contributed by atoms with van der Waals surface area (Å²) >= 11 is 0. The molecule has 2 bridgehead atoms. The average Bonchev–Trinajstić information content (AvgIpc) is 2.85. The van der Waals surface area contributed by atoms with Gasteiger partial charge in [0.25, 0.3) is 0 Å². The van der Waals surface area contributed by atoms with E-state index in [-0.39, 0.29) is 12.0 Å². The highest BCUT2D eigenvalue weighted by atomic mass is 16.5. The molecule has 3 N–H and O–H groups in total. The maximum absolute atomic E-state index is 11.5. The molecule has 2 atom stereocenters. The Morgan fingerprint density at radius 2 is 2.18 bits per heavy atom. The summed E-state index contributed by atoms with van der Waals surface area (Å²) in [5, 5.41) is 3.34. The zero-order valence-corrected chi connectivity index (χ0v) is 13.0. The number of hydrogen-bond acceptors (Lipinski definition) is 4. The molecule has 2 rings (SSSR count). The summed E-state index contributed by atoms with van der Waals surface area (Å²) < 4.78 is 4.97. The summed E-state index contributed by atoms with van der Waals surface area (Å²) in [5.41, 5.74) is 8.14. The molecule has 118 valence electrons. The first-order valence-corrected chi connectivity index (χ1v) is 7.75. The zero-order chi connectivity index (χ0) is 15.8. The molecular formula is C18H24N2O2. The maximum atomic E-state index is 11.5. The van der Waals surface area contributed by atoms with E-state index in [4.69, 9.17) is 10.5 Å². The third-order valence-electron chi connectivity index (χ3n) is 3.61. The van der Waals surface area contributed by atoms with Crippen LogP contribution in [0.2, 0.25) is 0 Å². The first-order chi connectivity index (χ1) is 10.7. The largest absolute Gasteiger partial charge is 0.466 e. The Bertz CT molecular complexity index is 541. The number of nitrogens with one attached hydrogen (secondary N) is 1. The van der Waals surface area contributed by atoms with Crippen molar-refractivity contribution in [3.63, 3.8) is 0 Å². The van der Waals surface area contributed by atoms with Gasteiger partial charge in [-0.15, -0.1) is 0 Å². The molecule has 22 heavy (non-hydrogen) atoms. The molecule has 2 unspecified atom stereocenters. The third kappa shape index (κ3) is 5.13. The van der Waals surface area contributed by atoms with Crippen LogP contribution in [-0.2, 0) is 9.53 Å². The normalized spacial score (nSPS) is 20.7. The van der Waals surface area contributed by atoms with E-state index < -0.39 is 0 Å². The van der Waals surface area contributed by atoms with Gasteiger partial charge in [-0.3, -0.25) is 4.79 Å². The number of rotatable bonds is 7. The summed E-state index contributed by atoms with van der Waals surface area (Å²) in [6.07, 6.45) is 17.4. The van der Waals surface area contributed by atoms with Crippen LogP contribution in [0.25, 0.3) is 0 Å². The molecular weight excluding hydrogens is 276 g/mol. The Balaban J connectivity index is 1.90. The van der Waals surface area contributed by atoms with Crippen molar-refractivity contribution >= 4 is 5.97 Å². The SMILES string of the molecule is CCOC(=O)CC(CN)NCC1=CC2C=CC=CC(=C2)C=C1. The highest BCUT2D eigenvalue weighted by molar-refractivity contribution is 5.70. The lowest BCUT2D eigenvalue weighted by Gasteiger charge is -2.16. The molecule has 4 nitrogen and oxygen atoms in total. The van der Waals surface area contributed by atoms with Crippen LogP contribution in [0.5, 0.6) is 0 Å². The van der Waals surface area contributed by atoms with Crippen molar-refractivity contribution in [1.29, 1.82) is 0 Å². The Labute approximate surface area is 132 Å². The molecule has 0 aromatic rings. The highest BCUT2D eigenvalue weighted by Crippen LogP contribution is 2.20. The number of esters is 1. The van der Waals surface area contributed by atoms with E-state index in [1.165, 1.54) is 11.1 Å². The first-order valence-electron chi connectivity index (χ1n) is 7.75. The number of carbonyl (C=O) groups is 1. The fourth-order valence-electron chi connectivity index (χ4n) is 2.45. The van der Waals surface area contributed by atoms with Crippen LogP contribution in [0.3, 0.4) is 0 Å². The number of fused-ring (bicyclic) bond motifs is 1. The predicted molar refractivity (Wildman–Crippen MR) is 89.2 cm³/mol. The summed E-state index contributed by atoms with van der Waals surface area (Å²) in [5.74, 6) is 0.0957. The van der Waals surface area contributed by atoms with Crippen LogP contribution < -0.4 is 11.1 Å². The van der Waals surface area contributed by atoms with Crippen LogP contribution in [-0.4, -0.2) is 31.7 Å². The standard InChI is InChI=1S/C18H24N2O2/c1-2-22-18(21)11-17(12-19)20-13-16-8-7-14-5-3-4-6-15(9-14)10-16/h3-10,15,17,20H,2,11-13,19H2,1H3. The van der Waals surface area contributed by atoms with Gasteiger partial charge in [-0.2, -0.15) is 0 Å². The highest BCUT2D eigenvalue weighted by Gasteiger charge is 2.13. The lowest BCUT2D eigenvalue weighted by Crippen LogP contribution is -2.39. The van der Waals surface area contributed by atoms with Gasteiger partial charge >= 0.3 is 5.97 Å². The molecule has 2 aliphatic rings. The van der Waals surface area contributed by atoms with E-state index in [2.05, 4.69) is 53.9 Å². The Morgan fingerprint density at radius 1 is 1.32 bits per heavy atom. The van der Waals surface area contributed by atoms with E-state index in [1.807, 2.05) is 0 Å². The van der Waals surface area contributed by atoms with Crippen LogP contribution in [0.1, 0.15) is 13.3 Å². The van der Waals surface area contributed by atoms with Crippen molar-refractivity contribution in [3.8, 4) is 0 Å². The van der Waals surface area contributed by atoms with Gasteiger partial charge in [-0.25, -0.2) is 0 Å². The second-order valence-corrected chi connectivity index (χ2v) is 5.39.